The largest absolute Gasteiger partial charge is 0.406 e. The maximum atomic E-state index is 12.5. The lowest BCUT2D eigenvalue weighted by Gasteiger charge is -2.35. The van der Waals surface area contributed by atoms with Crippen molar-refractivity contribution >= 4 is 5.91 Å². The third kappa shape index (κ3) is 5.36. The van der Waals surface area contributed by atoms with Gasteiger partial charge in [0.15, 0.2) is 0 Å². The van der Waals surface area contributed by atoms with E-state index in [1.54, 1.807) is 13.8 Å². The number of halogens is 3. The second kappa shape index (κ2) is 7.09. The summed E-state index contributed by atoms with van der Waals surface area (Å²) in [6.07, 6.45) is -3.82. The van der Waals surface area contributed by atoms with Crippen LogP contribution in [0.1, 0.15) is 20.3 Å². The molecule has 1 aliphatic heterocycles. The second-order valence-corrected chi connectivity index (χ2v) is 4.84. The highest BCUT2D eigenvalue weighted by Crippen LogP contribution is 2.18. The van der Waals surface area contributed by atoms with Gasteiger partial charge >= 0.3 is 6.18 Å². The third-order valence-corrected chi connectivity index (χ3v) is 3.23. The van der Waals surface area contributed by atoms with Crippen molar-refractivity contribution in [1.29, 1.82) is 0 Å². The van der Waals surface area contributed by atoms with Gasteiger partial charge in [0.1, 0.15) is 6.54 Å². The standard InChI is InChI=1S/C12H22F3N3O/c1-3-6-18(9-12(13,14)15)11(19)10(2)17-7-4-16-5-8-17/h10,16H,3-9H2,1-2H3. The summed E-state index contributed by atoms with van der Waals surface area (Å²) in [7, 11) is 0. The number of nitrogens with one attached hydrogen (secondary N) is 1. The first-order chi connectivity index (χ1) is 8.85. The molecule has 1 unspecified atom stereocenters. The van der Waals surface area contributed by atoms with Gasteiger partial charge < -0.3 is 10.2 Å². The van der Waals surface area contributed by atoms with Crippen LogP contribution in [0.2, 0.25) is 0 Å². The van der Waals surface area contributed by atoms with E-state index in [1.165, 1.54) is 0 Å². The summed E-state index contributed by atoms with van der Waals surface area (Å²) in [5.74, 6) is -0.430. The van der Waals surface area contributed by atoms with Gasteiger partial charge in [-0.05, 0) is 13.3 Å². The van der Waals surface area contributed by atoms with E-state index in [1.807, 2.05) is 4.90 Å². The molecule has 0 aromatic rings. The fourth-order valence-electron chi connectivity index (χ4n) is 2.24. The summed E-state index contributed by atoms with van der Waals surface area (Å²) in [5.41, 5.74) is 0. The monoisotopic (exact) mass is 281 g/mol. The average Bonchev–Trinajstić information content (AvgIpc) is 2.36. The highest BCUT2D eigenvalue weighted by Gasteiger charge is 2.35. The van der Waals surface area contributed by atoms with Crippen LogP contribution in [0.4, 0.5) is 13.2 Å². The Morgan fingerprint density at radius 3 is 2.42 bits per heavy atom. The summed E-state index contributed by atoms with van der Waals surface area (Å²) >= 11 is 0. The molecule has 1 saturated heterocycles. The maximum Gasteiger partial charge on any atom is 0.406 e. The lowest BCUT2D eigenvalue weighted by Crippen LogP contribution is -2.54. The first-order valence-corrected chi connectivity index (χ1v) is 6.65. The molecule has 1 fully saturated rings. The lowest BCUT2D eigenvalue weighted by atomic mass is 10.2. The van der Waals surface area contributed by atoms with E-state index in [4.69, 9.17) is 0 Å². The van der Waals surface area contributed by atoms with Crippen LogP contribution in [-0.2, 0) is 4.79 Å². The topological polar surface area (TPSA) is 35.6 Å². The smallest absolute Gasteiger partial charge is 0.332 e. The Bertz CT molecular complexity index is 290. The molecule has 0 spiro atoms. The Morgan fingerprint density at radius 1 is 1.37 bits per heavy atom. The highest BCUT2D eigenvalue weighted by atomic mass is 19.4. The molecular formula is C12H22F3N3O. The van der Waals surface area contributed by atoms with E-state index >= 15 is 0 Å². The number of piperazine rings is 1. The molecule has 0 bridgehead atoms. The molecule has 4 nitrogen and oxygen atoms in total. The summed E-state index contributed by atoms with van der Waals surface area (Å²) in [6, 6.07) is -0.490. The molecule has 1 heterocycles. The van der Waals surface area contributed by atoms with Crippen molar-refractivity contribution in [1.82, 2.24) is 15.1 Å². The molecule has 1 N–H and O–H groups in total. The zero-order valence-corrected chi connectivity index (χ0v) is 11.5. The molecule has 1 amide bonds. The summed E-state index contributed by atoms with van der Waals surface area (Å²) in [4.78, 5) is 15.0. The molecule has 1 aliphatic rings. The Balaban J connectivity index is 2.63. The van der Waals surface area contributed by atoms with Crippen LogP contribution in [0.15, 0.2) is 0 Å². The molecular weight excluding hydrogens is 259 g/mol. The van der Waals surface area contributed by atoms with Crippen molar-refractivity contribution < 1.29 is 18.0 Å². The Kier molecular flexibility index (Phi) is 6.06. The van der Waals surface area contributed by atoms with Gasteiger partial charge in [-0.15, -0.1) is 0 Å². The van der Waals surface area contributed by atoms with Gasteiger partial charge in [0.05, 0.1) is 6.04 Å². The van der Waals surface area contributed by atoms with Crippen LogP contribution in [0.3, 0.4) is 0 Å². The van der Waals surface area contributed by atoms with E-state index in [-0.39, 0.29) is 6.54 Å². The minimum absolute atomic E-state index is 0.148. The number of alkyl halides is 3. The number of carbonyl (C=O) groups excluding carboxylic acids is 1. The first-order valence-electron chi connectivity index (χ1n) is 6.65. The Labute approximate surface area is 111 Å². The van der Waals surface area contributed by atoms with Crippen LogP contribution in [0, 0.1) is 0 Å². The first kappa shape index (κ1) is 16.2. The molecule has 0 aromatic heterocycles. The second-order valence-electron chi connectivity index (χ2n) is 4.84. The molecule has 0 radical (unpaired) electrons. The minimum atomic E-state index is -4.34. The number of carbonyl (C=O) groups is 1. The Hall–Kier alpha value is -0.820. The van der Waals surface area contributed by atoms with Crippen molar-refractivity contribution in [3.05, 3.63) is 0 Å². The molecule has 0 aromatic carbocycles. The predicted molar refractivity (Wildman–Crippen MR) is 66.8 cm³/mol. The number of hydrogen-bond donors (Lipinski definition) is 1. The molecule has 0 aliphatic carbocycles. The van der Waals surface area contributed by atoms with Crippen molar-refractivity contribution in [3.63, 3.8) is 0 Å². The van der Waals surface area contributed by atoms with Gasteiger partial charge in [-0.2, -0.15) is 13.2 Å². The van der Waals surface area contributed by atoms with Crippen molar-refractivity contribution in [3.8, 4) is 0 Å². The molecule has 1 atom stereocenters. The number of hydrogen-bond acceptors (Lipinski definition) is 3. The van der Waals surface area contributed by atoms with E-state index < -0.39 is 24.7 Å². The van der Waals surface area contributed by atoms with Crippen LogP contribution in [0.25, 0.3) is 0 Å². The fraction of sp³-hybridized carbons (Fsp3) is 0.917. The van der Waals surface area contributed by atoms with Crippen molar-refractivity contribution in [2.24, 2.45) is 0 Å². The average molecular weight is 281 g/mol. The SMILES string of the molecule is CCCN(CC(F)(F)F)C(=O)C(C)N1CCNCC1. The zero-order valence-electron chi connectivity index (χ0n) is 11.5. The van der Waals surface area contributed by atoms with Gasteiger partial charge in [-0.3, -0.25) is 9.69 Å². The van der Waals surface area contributed by atoms with Gasteiger partial charge in [-0.25, -0.2) is 0 Å². The maximum absolute atomic E-state index is 12.5. The summed E-state index contributed by atoms with van der Waals surface area (Å²) in [5, 5.41) is 3.15. The van der Waals surface area contributed by atoms with E-state index in [0.717, 1.165) is 18.0 Å². The van der Waals surface area contributed by atoms with E-state index in [2.05, 4.69) is 5.32 Å². The predicted octanol–water partition coefficient (Wildman–Crippen LogP) is 1.08. The van der Waals surface area contributed by atoms with Crippen LogP contribution < -0.4 is 5.32 Å². The molecule has 19 heavy (non-hydrogen) atoms. The molecule has 112 valence electrons. The van der Waals surface area contributed by atoms with Gasteiger partial charge in [0.2, 0.25) is 5.91 Å². The summed E-state index contributed by atoms with van der Waals surface area (Å²) in [6.45, 7) is 5.37. The van der Waals surface area contributed by atoms with Crippen molar-refractivity contribution in [2.75, 3.05) is 39.3 Å². The fourth-order valence-corrected chi connectivity index (χ4v) is 2.24. The summed E-state index contributed by atoms with van der Waals surface area (Å²) < 4.78 is 37.4. The Morgan fingerprint density at radius 2 is 1.95 bits per heavy atom. The molecule has 1 rings (SSSR count). The van der Waals surface area contributed by atoms with Crippen LogP contribution in [-0.4, -0.2) is 67.2 Å². The van der Waals surface area contributed by atoms with Gasteiger partial charge in [-0.1, -0.05) is 6.92 Å². The quantitative estimate of drug-likeness (QED) is 0.819. The highest BCUT2D eigenvalue weighted by molar-refractivity contribution is 5.81. The lowest BCUT2D eigenvalue weighted by molar-refractivity contribution is -0.164. The van der Waals surface area contributed by atoms with Crippen LogP contribution >= 0.6 is 0 Å². The number of amides is 1. The van der Waals surface area contributed by atoms with E-state index in [0.29, 0.717) is 19.5 Å². The third-order valence-electron chi connectivity index (χ3n) is 3.23. The number of nitrogens with zero attached hydrogens (tertiary/aromatic N) is 2. The van der Waals surface area contributed by atoms with Crippen molar-refractivity contribution in [2.45, 2.75) is 32.5 Å². The molecule has 0 saturated carbocycles. The minimum Gasteiger partial charge on any atom is -0.332 e. The zero-order chi connectivity index (χ0) is 14.5. The van der Waals surface area contributed by atoms with E-state index in [9.17, 15) is 18.0 Å². The normalized spacial score (nSPS) is 19.2. The van der Waals surface area contributed by atoms with Crippen LogP contribution in [0.5, 0.6) is 0 Å². The van der Waals surface area contributed by atoms with Gasteiger partial charge in [0, 0.05) is 32.7 Å². The molecule has 7 heteroatoms. The number of rotatable bonds is 5. The van der Waals surface area contributed by atoms with Gasteiger partial charge in [0.25, 0.3) is 0 Å².